The molecule has 1 aliphatic rings. The number of halogens is 1. The van der Waals surface area contributed by atoms with E-state index in [-0.39, 0.29) is 11.6 Å². The summed E-state index contributed by atoms with van der Waals surface area (Å²) < 4.78 is 13.5. The molecule has 0 aliphatic heterocycles. The van der Waals surface area contributed by atoms with Crippen LogP contribution in [0.1, 0.15) is 29.5 Å². The van der Waals surface area contributed by atoms with E-state index >= 15 is 0 Å². The molecule has 0 atom stereocenters. The second-order valence-corrected chi connectivity index (χ2v) is 4.22. The predicted octanol–water partition coefficient (Wildman–Crippen LogP) is 2.70. The number of benzene rings is 1. The highest BCUT2D eigenvalue weighted by Crippen LogP contribution is 2.52. The fourth-order valence-corrected chi connectivity index (χ4v) is 1.99. The van der Waals surface area contributed by atoms with Gasteiger partial charge in [-0.3, -0.25) is 0 Å². The lowest BCUT2D eigenvalue weighted by atomic mass is 9.90. The Hall–Kier alpha value is -1.56. The highest BCUT2D eigenvalue weighted by atomic mass is 19.1. The zero-order valence-corrected chi connectivity index (χ0v) is 8.76. The van der Waals surface area contributed by atoms with Crippen LogP contribution in [-0.2, 0) is 5.41 Å². The number of hydrogen-bond acceptors (Lipinski definition) is 2. The highest BCUT2D eigenvalue weighted by molar-refractivity contribution is 5.55. The van der Waals surface area contributed by atoms with E-state index in [9.17, 15) is 9.50 Å². The first-order valence-corrected chi connectivity index (χ1v) is 4.92. The van der Waals surface area contributed by atoms with Crippen LogP contribution in [0, 0.1) is 31.0 Å². The van der Waals surface area contributed by atoms with E-state index < -0.39 is 5.41 Å². The van der Waals surface area contributed by atoms with Gasteiger partial charge in [0.25, 0.3) is 0 Å². The summed E-state index contributed by atoms with van der Waals surface area (Å²) >= 11 is 0. The quantitative estimate of drug-likeness (QED) is 0.766. The van der Waals surface area contributed by atoms with Gasteiger partial charge in [-0.1, -0.05) is 0 Å². The Bertz CT molecular complexity index is 443. The second kappa shape index (κ2) is 2.96. The van der Waals surface area contributed by atoms with Gasteiger partial charge >= 0.3 is 0 Å². The van der Waals surface area contributed by atoms with E-state index in [1.807, 2.05) is 0 Å². The van der Waals surface area contributed by atoms with Gasteiger partial charge in [0.05, 0.1) is 11.5 Å². The standard InChI is InChI=1S/C12H12FNO/c1-7-5-9(13)8(2)10(11(7)15)12(6-14)3-4-12/h5,15H,3-4H2,1-2H3. The minimum atomic E-state index is -0.638. The largest absolute Gasteiger partial charge is 0.507 e. The van der Waals surface area contributed by atoms with Crippen LogP contribution in [0.3, 0.4) is 0 Å². The molecule has 1 aliphatic carbocycles. The van der Waals surface area contributed by atoms with Gasteiger partial charge in [-0.05, 0) is 43.9 Å². The number of nitriles is 1. The van der Waals surface area contributed by atoms with Crippen LogP contribution in [0.4, 0.5) is 4.39 Å². The molecular formula is C12H12FNO. The van der Waals surface area contributed by atoms with E-state index in [2.05, 4.69) is 6.07 Å². The van der Waals surface area contributed by atoms with Crippen molar-refractivity contribution in [2.45, 2.75) is 32.1 Å². The third-order valence-corrected chi connectivity index (χ3v) is 3.13. The minimum Gasteiger partial charge on any atom is -0.507 e. The Balaban J connectivity index is 2.71. The summed E-state index contributed by atoms with van der Waals surface area (Å²) in [6, 6.07) is 3.49. The first-order valence-electron chi connectivity index (χ1n) is 4.92. The molecule has 0 aromatic heterocycles. The topological polar surface area (TPSA) is 44.0 Å². The monoisotopic (exact) mass is 205 g/mol. The van der Waals surface area contributed by atoms with Crippen molar-refractivity contribution in [3.63, 3.8) is 0 Å². The molecule has 0 heterocycles. The molecule has 0 unspecified atom stereocenters. The molecule has 1 saturated carbocycles. The molecule has 0 spiro atoms. The number of aromatic hydroxyl groups is 1. The maximum atomic E-state index is 13.5. The smallest absolute Gasteiger partial charge is 0.126 e. The lowest BCUT2D eigenvalue weighted by Crippen LogP contribution is -2.08. The summed E-state index contributed by atoms with van der Waals surface area (Å²) in [7, 11) is 0. The average Bonchev–Trinajstić information content (AvgIpc) is 2.96. The lowest BCUT2D eigenvalue weighted by Gasteiger charge is -2.15. The predicted molar refractivity (Wildman–Crippen MR) is 54.1 cm³/mol. The second-order valence-electron chi connectivity index (χ2n) is 4.22. The lowest BCUT2D eigenvalue weighted by molar-refractivity contribution is 0.456. The molecule has 78 valence electrons. The normalized spacial score (nSPS) is 17.2. The van der Waals surface area contributed by atoms with Gasteiger partial charge in [0, 0.05) is 5.56 Å². The number of rotatable bonds is 1. The van der Waals surface area contributed by atoms with Gasteiger partial charge in [0.1, 0.15) is 11.6 Å². The molecule has 0 bridgehead atoms. The number of nitrogens with zero attached hydrogens (tertiary/aromatic N) is 1. The fraction of sp³-hybridized carbons (Fsp3) is 0.417. The molecule has 15 heavy (non-hydrogen) atoms. The third kappa shape index (κ3) is 1.29. The van der Waals surface area contributed by atoms with Crippen molar-refractivity contribution < 1.29 is 9.50 Å². The molecule has 3 heteroatoms. The van der Waals surface area contributed by atoms with Crippen molar-refractivity contribution in [1.29, 1.82) is 5.26 Å². The maximum absolute atomic E-state index is 13.5. The average molecular weight is 205 g/mol. The van der Waals surface area contributed by atoms with Crippen molar-refractivity contribution in [1.82, 2.24) is 0 Å². The molecule has 2 rings (SSSR count). The van der Waals surface area contributed by atoms with Gasteiger partial charge in [-0.25, -0.2) is 4.39 Å². The van der Waals surface area contributed by atoms with Gasteiger partial charge in [-0.2, -0.15) is 5.26 Å². The molecule has 0 saturated heterocycles. The first-order chi connectivity index (χ1) is 7.02. The van der Waals surface area contributed by atoms with Crippen LogP contribution >= 0.6 is 0 Å². The molecule has 1 aromatic rings. The highest BCUT2D eigenvalue weighted by Gasteiger charge is 2.48. The molecule has 0 radical (unpaired) electrons. The minimum absolute atomic E-state index is 0.0768. The Morgan fingerprint density at radius 1 is 1.47 bits per heavy atom. The Kier molecular flexibility index (Phi) is 1.97. The van der Waals surface area contributed by atoms with Crippen LogP contribution in [0.25, 0.3) is 0 Å². The molecule has 1 fully saturated rings. The molecular weight excluding hydrogens is 193 g/mol. The van der Waals surface area contributed by atoms with Crippen molar-refractivity contribution in [3.05, 3.63) is 28.6 Å². The van der Waals surface area contributed by atoms with Crippen molar-refractivity contribution in [2.24, 2.45) is 0 Å². The van der Waals surface area contributed by atoms with Gasteiger partial charge in [0.2, 0.25) is 0 Å². The zero-order chi connectivity index (χ0) is 11.2. The van der Waals surface area contributed by atoms with Crippen LogP contribution < -0.4 is 0 Å². The summed E-state index contributed by atoms with van der Waals surface area (Å²) in [6.07, 6.45) is 1.42. The van der Waals surface area contributed by atoms with Crippen molar-refractivity contribution >= 4 is 0 Å². The Labute approximate surface area is 88.0 Å². The molecule has 1 N–H and O–H groups in total. The van der Waals surface area contributed by atoms with Gasteiger partial charge < -0.3 is 5.11 Å². The van der Waals surface area contributed by atoms with Crippen LogP contribution in [0.2, 0.25) is 0 Å². The van der Waals surface area contributed by atoms with E-state index in [1.165, 1.54) is 6.07 Å². The van der Waals surface area contributed by atoms with E-state index in [1.54, 1.807) is 13.8 Å². The van der Waals surface area contributed by atoms with Gasteiger partial charge in [-0.15, -0.1) is 0 Å². The van der Waals surface area contributed by atoms with E-state index in [0.29, 0.717) is 29.5 Å². The van der Waals surface area contributed by atoms with Crippen LogP contribution in [0.5, 0.6) is 5.75 Å². The number of hydrogen-bond donors (Lipinski definition) is 1. The Morgan fingerprint density at radius 2 is 2.07 bits per heavy atom. The summed E-state index contributed by atoms with van der Waals surface area (Å²) in [4.78, 5) is 0. The third-order valence-electron chi connectivity index (χ3n) is 3.13. The molecule has 1 aromatic carbocycles. The number of phenolic OH excluding ortho intramolecular Hbond substituents is 1. The summed E-state index contributed by atoms with van der Waals surface area (Å²) in [5, 5.41) is 18.9. The summed E-state index contributed by atoms with van der Waals surface area (Å²) in [5.41, 5.74) is 0.746. The van der Waals surface area contributed by atoms with Crippen LogP contribution in [-0.4, -0.2) is 5.11 Å². The maximum Gasteiger partial charge on any atom is 0.126 e. The van der Waals surface area contributed by atoms with E-state index in [0.717, 1.165) is 0 Å². The van der Waals surface area contributed by atoms with E-state index in [4.69, 9.17) is 5.26 Å². The van der Waals surface area contributed by atoms with Crippen molar-refractivity contribution in [2.75, 3.05) is 0 Å². The fourth-order valence-electron chi connectivity index (χ4n) is 1.99. The van der Waals surface area contributed by atoms with Crippen molar-refractivity contribution in [3.8, 4) is 11.8 Å². The SMILES string of the molecule is Cc1cc(F)c(C)c(C2(C#N)CC2)c1O. The number of aryl methyl sites for hydroxylation is 1. The number of phenols is 1. The first kappa shape index (κ1) is 9.97. The van der Waals surface area contributed by atoms with Gasteiger partial charge in [0.15, 0.2) is 0 Å². The summed E-state index contributed by atoms with van der Waals surface area (Å²) in [6.45, 7) is 3.26. The molecule has 0 amide bonds. The van der Waals surface area contributed by atoms with Crippen LogP contribution in [0.15, 0.2) is 6.07 Å². The Morgan fingerprint density at radius 3 is 2.53 bits per heavy atom. The molecule has 2 nitrogen and oxygen atoms in total. The zero-order valence-electron chi connectivity index (χ0n) is 8.76. The summed E-state index contributed by atoms with van der Waals surface area (Å²) in [5.74, 6) is -0.269.